The van der Waals surface area contributed by atoms with Crippen LogP contribution in [0.5, 0.6) is 0 Å². The number of nitrogens with one attached hydrogen (secondary N) is 2. The van der Waals surface area contributed by atoms with Crippen molar-refractivity contribution in [2.24, 2.45) is 0 Å². The molecule has 0 amide bonds. The van der Waals surface area contributed by atoms with Gasteiger partial charge in [0.25, 0.3) is 0 Å². The molecule has 0 saturated carbocycles. The zero-order valence-corrected chi connectivity index (χ0v) is 13.3. The highest BCUT2D eigenvalue weighted by atomic mass is 32.2. The summed E-state index contributed by atoms with van der Waals surface area (Å²) in [5.74, 6) is -0.886. The van der Waals surface area contributed by atoms with E-state index in [2.05, 4.69) is 9.44 Å². The molecule has 1 rings (SSSR count). The number of aryl methyl sites for hydroxylation is 1. The lowest BCUT2D eigenvalue weighted by atomic mass is 10.2. The maximum Gasteiger partial charge on any atom is 0.243 e. The largest absolute Gasteiger partial charge is 0.398 e. The number of sulfonamides is 2. The van der Waals surface area contributed by atoms with Gasteiger partial charge in [-0.3, -0.25) is 0 Å². The predicted octanol–water partition coefficient (Wildman–Crippen LogP) is -0.0661. The van der Waals surface area contributed by atoms with Crippen molar-refractivity contribution in [1.82, 2.24) is 9.44 Å². The minimum atomic E-state index is -4.03. The fraction of sp³-hybridized carbons (Fsp3) is 0.455. The second-order valence-corrected chi connectivity index (χ2v) is 8.13. The Hall–Kier alpha value is -1.23. The van der Waals surface area contributed by atoms with Gasteiger partial charge in [-0.25, -0.2) is 30.7 Å². The molecule has 0 aliphatic heterocycles. The van der Waals surface area contributed by atoms with Gasteiger partial charge in [0, 0.05) is 18.8 Å². The summed E-state index contributed by atoms with van der Waals surface area (Å²) < 4.78 is 63.6. The van der Waals surface area contributed by atoms with Crippen molar-refractivity contribution in [2.75, 3.05) is 25.1 Å². The standard InChI is InChI=1S/C11H18FN3O4S2/c1-8-6-9(12)11(7-10(8)13)21(18,19)15-5-3-4-14-20(2,16)17/h6-7,14-15H,3-5,13H2,1-2H3. The third-order valence-electron chi connectivity index (χ3n) is 2.62. The van der Waals surface area contributed by atoms with Crippen LogP contribution in [-0.2, 0) is 20.0 Å². The molecule has 10 heteroatoms. The fourth-order valence-corrected chi connectivity index (χ4v) is 3.19. The van der Waals surface area contributed by atoms with E-state index in [4.69, 9.17) is 5.73 Å². The third-order valence-corrected chi connectivity index (χ3v) is 4.82. The zero-order valence-electron chi connectivity index (χ0n) is 11.7. The van der Waals surface area contributed by atoms with E-state index in [0.29, 0.717) is 5.56 Å². The van der Waals surface area contributed by atoms with E-state index in [1.807, 2.05) is 0 Å². The van der Waals surface area contributed by atoms with Crippen LogP contribution < -0.4 is 15.2 Å². The lowest BCUT2D eigenvalue weighted by molar-refractivity contribution is 0.554. The van der Waals surface area contributed by atoms with E-state index in [-0.39, 0.29) is 25.2 Å². The lowest BCUT2D eigenvalue weighted by Crippen LogP contribution is -2.30. The van der Waals surface area contributed by atoms with E-state index in [1.54, 1.807) is 6.92 Å². The van der Waals surface area contributed by atoms with E-state index >= 15 is 0 Å². The molecule has 0 heterocycles. The van der Waals surface area contributed by atoms with Crippen molar-refractivity contribution < 1.29 is 21.2 Å². The van der Waals surface area contributed by atoms with Crippen LogP contribution in [0.3, 0.4) is 0 Å². The maximum atomic E-state index is 13.7. The normalized spacial score (nSPS) is 12.5. The molecule has 0 unspecified atom stereocenters. The van der Waals surface area contributed by atoms with Crippen LogP contribution in [0.15, 0.2) is 17.0 Å². The molecule has 0 bridgehead atoms. The first-order valence-corrected chi connectivity index (χ1v) is 9.40. The van der Waals surface area contributed by atoms with E-state index < -0.39 is 30.8 Å². The second-order valence-electron chi connectivity index (χ2n) is 4.56. The van der Waals surface area contributed by atoms with Gasteiger partial charge in [0.1, 0.15) is 10.7 Å². The van der Waals surface area contributed by atoms with Crippen LogP contribution in [0.2, 0.25) is 0 Å². The van der Waals surface area contributed by atoms with Gasteiger partial charge in [-0.2, -0.15) is 0 Å². The lowest BCUT2D eigenvalue weighted by Gasteiger charge is -2.10. The number of anilines is 1. The van der Waals surface area contributed by atoms with Gasteiger partial charge in [0.15, 0.2) is 0 Å². The first-order valence-electron chi connectivity index (χ1n) is 6.03. The quantitative estimate of drug-likeness (QED) is 0.475. The molecular weight excluding hydrogens is 321 g/mol. The Kier molecular flexibility index (Phi) is 5.68. The molecule has 0 aromatic heterocycles. The van der Waals surface area contributed by atoms with Gasteiger partial charge < -0.3 is 5.73 Å². The average Bonchev–Trinajstić information content (AvgIpc) is 2.31. The van der Waals surface area contributed by atoms with Gasteiger partial charge in [-0.05, 0) is 31.0 Å². The molecule has 1 aromatic carbocycles. The minimum absolute atomic E-state index is 0.0297. The van der Waals surface area contributed by atoms with E-state index in [0.717, 1.165) is 18.4 Å². The Morgan fingerprint density at radius 1 is 1.14 bits per heavy atom. The van der Waals surface area contributed by atoms with Gasteiger partial charge in [-0.15, -0.1) is 0 Å². The number of nitrogen functional groups attached to an aromatic ring is 1. The molecule has 21 heavy (non-hydrogen) atoms. The molecule has 0 spiro atoms. The number of hydrogen-bond donors (Lipinski definition) is 3. The number of halogens is 1. The minimum Gasteiger partial charge on any atom is -0.398 e. The Balaban J connectivity index is 2.68. The van der Waals surface area contributed by atoms with Crippen molar-refractivity contribution in [2.45, 2.75) is 18.2 Å². The van der Waals surface area contributed by atoms with Gasteiger partial charge in [0.05, 0.1) is 6.26 Å². The molecule has 7 nitrogen and oxygen atoms in total. The molecule has 0 atom stereocenters. The highest BCUT2D eigenvalue weighted by Gasteiger charge is 2.19. The van der Waals surface area contributed by atoms with Crippen molar-refractivity contribution in [1.29, 1.82) is 0 Å². The smallest absolute Gasteiger partial charge is 0.243 e. The van der Waals surface area contributed by atoms with Crippen molar-refractivity contribution in [3.05, 3.63) is 23.5 Å². The van der Waals surface area contributed by atoms with Crippen LogP contribution in [0, 0.1) is 12.7 Å². The summed E-state index contributed by atoms with van der Waals surface area (Å²) in [7, 11) is -7.34. The van der Waals surface area contributed by atoms with Crippen LogP contribution in [0.25, 0.3) is 0 Å². The molecular formula is C11H18FN3O4S2. The number of rotatable bonds is 7. The maximum absolute atomic E-state index is 13.7. The molecule has 0 aliphatic carbocycles. The third kappa shape index (κ3) is 5.58. The summed E-state index contributed by atoms with van der Waals surface area (Å²) in [6.45, 7) is 1.62. The molecule has 0 radical (unpaired) electrons. The van der Waals surface area contributed by atoms with Gasteiger partial charge in [-0.1, -0.05) is 0 Å². The zero-order chi connectivity index (χ0) is 16.3. The monoisotopic (exact) mass is 339 g/mol. The van der Waals surface area contributed by atoms with Crippen LogP contribution >= 0.6 is 0 Å². The summed E-state index contributed by atoms with van der Waals surface area (Å²) in [6, 6.07) is 2.11. The molecule has 0 saturated heterocycles. The molecule has 0 aliphatic rings. The summed E-state index contributed by atoms with van der Waals surface area (Å²) in [4.78, 5) is -0.526. The summed E-state index contributed by atoms with van der Waals surface area (Å²) in [5.41, 5.74) is 6.20. The topological polar surface area (TPSA) is 118 Å². The SMILES string of the molecule is Cc1cc(F)c(S(=O)(=O)NCCCNS(C)(=O)=O)cc1N. The summed E-state index contributed by atoms with van der Waals surface area (Å²) in [5, 5.41) is 0. The highest BCUT2D eigenvalue weighted by Crippen LogP contribution is 2.21. The molecule has 4 N–H and O–H groups in total. The number of benzene rings is 1. The first kappa shape index (κ1) is 17.8. The van der Waals surface area contributed by atoms with Crippen molar-refractivity contribution >= 4 is 25.7 Å². The highest BCUT2D eigenvalue weighted by molar-refractivity contribution is 7.89. The van der Waals surface area contributed by atoms with Crippen molar-refractivity contribution in [3.8, 4) is 0 Å². The van der Waals surface area contributed by atoms with Crippen LogP contribution in [0.4, 0.5) is 10.1 Å². The Morgan fingerprint density at radius 2 is 1.71 bits per heavy atom. The number of nitrogens with two attached hydrogens (primary N) is 1. The average molecular weight is 339 g/mol. The van der Waals surface area contributed by atoms with Gasteiger partial charge >= 0.3 is 0 Å². The Morgan fingerprint density at radius 3 is 2.29 bits per heavy atom. The van der Waals surface area contributed by atoms with E-state index in [1.165, 1.54) is 0 Å². The van der Waals surface area contributed by atoms with E-state index in [9.17, 15) is 21.2 Å². The predicted molar refractivity (Wildman–Crippen MR) is 78.2 cm³/mol. The fourth-order valence-electron chi connectivity index (χ4n) is 1.50. The molecule has 0 fully saturated rings. The Bertz CT molecular complexity index is 717. The second kappa shape index (κ2) is 6.69. The summed E-state index contributed by atoms with van der Waals surface area (Å²) >= 11 is 0. The first-order chi connectivity index (χ1) is 9.53. The summed E-state index contributed by atoms with van der Waals surface area (Å²) in [6.07, 6.45) is 1.23. The van der Waals surface area contributed by atoms with Crippen LogP contribution in [-0.4, -0.2) is 36.2 Å². The Labute approximate surface area is 123 Å². The van der Waals surface area contributed by atoms with Gasteiger partial charge in [0.2, 0.25) is 20.0 Å². The van der Waals surface area contributed by atoms with Crippen molar-refractivity contribution in [3.63, 3.8) is 0 Å². The van der Waals surface area contributed by atoms with Crippen LogP contribution in [0.1, 0.15) is 12.0 Å². The molecule has 1 aromatic rings. The number of hydrogen-bond acceptors (Lipinski definition) is 5. The molecule has 120 valence electrons.